The van der Waals surface area contributed by atoms with Crippen LogP contribution in [0.4, 0.5) is 4.39 Å². The van der Waals surface area contributed by atoms with E-state index in [1.165, 1.54) is 42.5 Å². The fourth-order valence-electron chi connectivity index (χ4n) is 2.99. The number of hydrogen-bond donors (Lipinski definition) is 0. The summed E-state index contributed by atoms with van der Waals surface area (Å²) in [5, 5.41) is 18.2. The fourth-order valence-corrected chi connectivity index (χ4v) is 4.66. The Bertz CT molecular complexity index is 1000. The van der Waals surface area contributed by atoms with Gasteiger partial charge in [0.2, 0.25) is 0 Å². The molecule has 0 aromatic heterocycles. The Hall–Kier alpha value is -2.96. The zero-order valence-electron chi connectivity index (χ0n) is 13.1. The maximum absolute atomic E-state index is 13.2. The summed E-state index contributed by atoms with van der Waals surface area (Å²) >= 11 is 0. The molecule has 2 aromatic carbocycles. The first-order chi connectivity index (χ1) is 11.9. The lowest BCUT2D eigenvalue weighted by Crippen LogP contribution is -2.23. The highest BCUT2D eigenvalue weighted by Gasteiger charge is 2.47. The molecule has 0 saturated carbocycles. The fraction of sp³-hybridized carbons (Fsp3) is 0.158. The van der Waals surface area contributed by atoms with Crippen molar-refractivity contribution in [2.24, 2.45) is 5.41 Å². The van der Waals surface area contributed by atoms with Gasteiger partial charge in [-0.05, 0) is 35.4 Å². The number of sulfone groups is 1. The first-order valence-corrected chi connectivity index (χ1v) is 9.07. The van der Waals surface area contributed by atoms with Crippen molar-refractivity contribution < 1.29 is 12.8 Å². The molecule has 1 atom stereocenters. The zero-order valence-corrected chi connectivity index (χ0v) is 13.9. The molecule has 1 aliphatic carbocycles. The van der Waals surface area contributed by atoms with Gasteiger partial charge in [0.05, 0.1) is 22.3 Å². The highest BCUT2D eigenvalue weighted by Crippen LogP contribution is 2.47. The molecular weight excluding hydrogens is 339 g/mol. The minimum absolute atomic E-state index is 0.140. The lowest BCUT2D eigenvalue weighted by Gasteiger charge is -2.17. The van der Waals surface area contributed by atoms with Gasteiger partial charge in [0.1, 0.15) is 5.82 Å². The smallest absolute Gasteiger partial charge is 0.184 e. The molecule has 0 N–H and O–H groups in total. The van der Waals surface area contributed by atoms with E-state index in [0.717, 1.165) is 0 Å². The number of halogens is 1. The first-order valence-electron chi connectivity index (χ1n) is 7.53. The topological polar surface area (TPSA) is 81.7 Å². The molecule has 124 valence electrons. The van der Waals surface area contributed by atoms with Crippen LogP contribution in [0.15, 0.2) is 65.6 Å². The molecule has 6 heteroatoms. The van der Waals surface area contributed by atoms with Crippen LogP contribution >= 0.6 is 0 Å². The molecule has 0 heterocycles. The second-order valence-corrected chi connectivity index (χ2v) is 7.98. The molecule has 0 aliphatic heterocycles. The van der Waals surface area contributed by atoms with Gasteiger partial charge in [-0.3, -0.25) is 0 Å². The van der Waals surface area contributed by atoms with Gasteiger partial charge in [-0.15, -0.1) is 0 Å². The van der Waals surface area contributed by atoms with E-state index in [0.29, 0.717) is 11.1 Å². The Morgan fingerprint density at radius 2 is 1.60 bits per heavy atom. The minimum Gasteiger partial charge on any atom is -0.223 e. The van der Waals surface area contributed by atoms with Crippen LogP contribution in [0.5, 0.6) is 0 Å². The van der Waals surface area contributed by atoms with Crippen molar-refractivity contribution in [2.45, 2.75) is 16.6 Å². The Kier molecular flexibility index (Phi) is 4.16. The summed E-state index contributed by atoms with van der Waals surface area (Å²) in [6.07, 6.45) is 1.30. The molecule has 4 nitrogen and oxygen atoms in total. The maximum atomic E-state index is 13.2. The quantitative estimate of drug-likeness (QED) is 0.847. The normalized spacial score (nSPS) is 18.8. The highest BCUT2D eigenvalue weighted by molar-refractivity contribution is 7.92. The van der Waals surface area contributed by atoms with Crippen molar-refractivity contribution in [3.8, 4) is 12.1 Å². The van der Waals surface area contributed by atoms with E-state index < -0.39 is 26.3 Å². The van der Waals surface area contributed by atoms with E-state index in [2.05, 4.69) is 0 Å². The molecule has 1 unspecified atom stereocenters. The van der Waals surface area contributed by atoms with Crippen LogP contribution in [0.25, 0.3) is 5.57 Å². The number of hydrogen-bond acceptors (Lipinski definition) is 4. The predicted octanol–water partition coefficient (Wildman–Crippen LogP) is 3.49. The monoisotopic (exact) mass is 352 g/mol. The van der Waals surface area contributed by atoms with Gasteiger partial charge in [0.25, 0.3) is 0 Å². The molecule has 25 heavy (non-hydrogen) atoms. The van der Waals surface area contributed by atoms with E-state index in [1.54, 1.807) is 18.2 Å². The van der Waals surface area contributed by atoms with Crippen molar-refractivity contribution in [3.05, 3.63) is 72.1 Å². The predicted molar refractivity (Wildman–Crippen MR) is 90.1 cm³/mol. The summed E-state index contributed by atoms with van der Waals surface area (Å²) < 4.78 is 38.9. The number of nitriles is 2. The van der Waals surface area contributed by atoms with Crippen LogP contribution in [-0.2, 0) is 9.84 Å². The van der Waals surface area contributed by atoms with Gasteiger partial charge in [-0.1, -0.05) is 36.4 Å². The van der Waals surface area contributed by atoms with Crippen LogP contribution < -0.4 is 0 Å². The van der Waals surface area contributed by atoms with E-state index >= 15 is 0 Å². The third-order valence-corrected chi connectivity index (χ3v) is 6.36. The van der Waals surface area contributed by atoms with E-state index in [9.17, 15) is 23.3 Å². The van der Waals surface area contributed by atoms with Crippen LogP contribution in [0.1, 0.15) is 12.0 Å². The Balaban J connectivity index is 2.12. The van der Waals surface area contributed by atoms with Gasteiger partial charge in [0.15, 0.2) is 15.3 Å². The lowest BCUT2D eigenvalue weighted by atomic mass is 9.81. The molecule has 0 fully saturated rings. The standard InChI is InChI=1S/C19H13FN2O2S/c20-15-8-6-14(7-9-15)18-10-17(11-19(18,12-21)13-22)25(23,24)16-4-2-1-3-5-16/h1-10,17H,11H2. The molecule has 0 amide bonds. The summed E-state index contributed by atoms with van der Waals surface area (Å²) in [6.45, 7) is 0. The van der Waals surface area contributed by atoms with Crippen LogP contribution in [-0.4, -0.2) is 13.7 Å². The summed E-state index contributed by atoms with van der Waals surface area (Å²) in [5.74, 6) is -0.449. The lowest BCUT2D eigenvalue weighted by molar-refractivity contribution is 0.572. The highest BCUT2D eigenvalue weighted by atomic mass is 32.2. The van der Waals surface area contributed by atoms with E-state index in [-0.39, 0.29) is 11.3 Å². The minimum atomic E-state index is -3.73. The average Bonchev–Trinajstić information content (AvgIpc) is 3.04. The first kappa shape index (κ1) is 16.9. The number of benzene rings is 2. The molecule has 0 saturated heterocycles. The van der Waals surface area contributed by atoms with Gasteiger partial charge in [0, 0.05) is 6.42 Å². The Morgan fingerprint density at radius 3 is 2.16 bits per heavy atom. The third kappa shape index (κ3) is 2.82. The molecule has 3 rings (SSSR count). The number of nitrogens with zero attached hydrogens (tertiary/aromatic N) is 2. The summed E-state index contributed by atoms with van der Waals surface area (Å²) in [5.41, 5.74) is -0.804. The van der Waals surface area contributed by atoms with Crippen molar-refractivity contribution in [2.75, 3.05) is 0 Å². The van der Waals surface area contributed by atoms with Gasteiger partial charge in [-0.25, -0.2) is 12.8 Å². The van der Waals surface area contributed by atoms with Crippen molar-refractivity contribution in [3.63, 3.8) is 0 Å². The Labute approximate surface area is 145 Å². The second kappa shape index (κ2) is 6.16. The summed E-state index contributed by atoms with van der Waals surface area (Å²) in [7, 11) is -3.73. The zero-order chi connectivity index (χ0) is 18.1. The third-order valence-electron chi connectivity index (χ3n) is 4.33. The van der Waals surface area contributed by atoms with E-state index in [4.69, 9.17) is 0 Å². The molecule has 0 bridgehead atoms. The maximum Gasteiger partial charge on any atom is 0.184 e. The van der Waals surface area contributed by atoms with Crippen LogP contribution in [0.3, 0.4) is 0 Å². The SMILES string of the molecule is N#CC1(C#N)CC(S(=O)(=O)c2ccccc2)C=C1c1ccc(F)cc1. The molecule has 0 radical (unpaired) electrons. The van der Waals surface area contributed by atoms with Gasteiger partial charge >= 0.3 is 0 Å². The number of allylic oxidation sites excluding steroid dienone is 1. The summed E-state index contributed by atoms with van der Waals surface area (Å²) in [6, 6.07) is 17.2. The molecule has 1 aliphatic rings. The van der Waals surface area contributed by atoms with Gasteiger partial charge in [-0.2, -0.15) is 10.5 Å². The molecular formula is C19H13FN2O2S. The summed E-state index contributed by atoms with van der Waals surface area (Å²) in [4.78, 5) is 0.140. The number of rotatable bonds is 3. The average molecular weight is 352 g/mol. The van der Waals surface area contributed by atoms with E-state index in [1.807, 2.05) is 12.1 Å². The van der Waals surface area contributed by atoms with Gasteiger partial charge < -0.3 is 0 Å². The Morgan fingerprint density at radius 1 is 1.00 bits per heavy atom. The van der Waals surface area contributed by atoms with Crippen LogP contribution in [0, 0.1) is 33.9 Å². The van der Waals surface area contributed by atoms with Crippen LogP contribution in [0.2, 0.25) is 0 Å². The van der Waals surface area contributed by atoms with Crippen molar-refractivity contribution in [1.82, 2.24) is 0 Å². The second-order valence-electron chi connectivity index (χ2n) is 5.82. The molecule has 2 aromatic rings. The molecule has 0 spiro atoms. The largest absolute Gasteiger partial charge is 0.223 e. The van der Waals surface area contributed by atoms with Crippen molar-refractivity contribution >= 4 is 15.4 Å². The van der Waals surface area contributed by atoms with Crippen molar-refractivity contribution in [1.29, 1.82) is 10.5 Å².